The Kier molecular flexibility index (Phi) is 2.43. The normalized spacial score (nSPS) is 10.4. The number of anilines is 1. The quantitative estimate of drug-likeness (QED) is 0.778. The number of nitrogens with two attached hydrogens (primary N) is 1. The number of aliphatic hydroxyl groups is 1. The maximum atomic E-state index is 8.89. The van der Waals surface area contributed by atoms with Crippen molar-refractivity contribution in [2.75, 3.05) is 5.73 Å². The number of nitrogens with zero attached hydrogens (tertiary/aromatic N) is 2. The molecule has 0 unspecified atom stereocenters. The molecule has 2 aromatic heterocycles. The Hall–Kier alpha value is -1.46. The summed E-state index contributed by atoms with van der Waals surface area (Å²) < 4.78 is 0. The highest BCUT2D eigenvalue weighted by atomic mass is 32.1. The van der Waals surface area contributed by atoms with Crippen molar-refractivity contribution in [2.45, 2.75) is 6.61 Å². The summed E-state index contributed by atoms with van der Waals surface area (Å²) in [5.41, 5.74) is 6.41. The minimum absolute atomic E-state index is 0.0405. The first-order valence-electron chi connectivity index (χ1n) is 4.07. The largest absolute Gasteiger partial charge is 0.392 e. The van der Waals surface area contributed by atoms with Crippen molar-refractivity contribution in [3.63, 3.8) is 0 Å². The van der Waals surface area contributed by atoms with Gasteiger partial charge in [-0.15, -0.1) is 11.3 Å². The van der Waals surface area contributed by atoms with Crippen molar-refractivity contribution in [3.8, 4) is 10.7 Å². The molecule has 4 nitrogen and oxygen atoms in total. The zero-order valence-electron chi connectivity index (χ0n) is 7.34. The predicted molar refractivity (Wildman–Crippen MR) is 55.7 cm³/mol. The standard InChI is InChI=1S/C9H9N3OS/c10-8-1-2-11-9(12-8)7-3-6(4-13)5-14-7/h1-3,5,13H,4H2,(H2,10,11,12). The molecule has 0 bridgehead atoms. The molecule has 0 fully saturated rings. The fourth-order valence-corrected chi connectivity index (χ4v) is 1.91. The van der Waals surface area contributed by atoms with Crippen LogP contribution in [-0.4, -0.2) is 15.1 Å². The molecule has 0 aliphatic heterocycles. The third-order valence-electron chi connectivity index (χ3n) is 1.73. The third kappa shape index (κ3) is 1.73. The molecular formula is C9H9N3OS. The fraction of sp³-hybridized carbons (Fsp3) is 0.111. The first-order valence-corrected chi connectivity index (χ1v) is 4.94. The second kappa shape index (κ2) is 3.73. The van der Waals surface area contributed by atoms with E-state index in [1.807, 2.05) is 11.4 Å². The first kappa shape index (κ1) is 9.11. The Balaban J connectivity index is 2.39. The molecule has 2 rings (SSSR count). The van der Waals surface area contributed by atoms with Crippen LogP contribution < -0.4 is 5.73 Å². The highest BCUT2D eigenvalue weighted by Crippen LogP contribution is 2.24. The van der Waals surface area contributed by atoms with Crippen molar-refractivity contribution < 1.29 is 5.11 Å². The van der Waals surface area contributed by atoms with Crippen LogP contribution in [0.1, 0.15) is 5.56 Å². The number of aromatic nitrogens is 2. The Bertz CT molecular complexity index is 441. The van der Waals surface area contributed by atoms with Crippen LogP contribution in [0.2, 0.25) is 0 Å². The molecule has 3 N–H and O–H groups in total. The van der Waals surface area contributed by atoms with Crippen LogP contribution in [-0.2, 0) is 6.61 Å². The van der Waals surface area contributed by atoms with Crippen LogP contribution >= 0.6 is 11.3 Å². The Morgan fingerprint density at radius 3 is 3.00 bits per heavy atom. The summed E-state index contributed by atoms with van der Waals surface area (Å²) in [6.07, 6.45) is 1.62. The minimum Gasteiger partial charge on any atom is -0.392 e. The van der Waals surface area contributed by atoms with Gasteiger partial charge >= 0.3 is 0 Å². The van der Waals surface area contributed by atoms with Gasteiger partial charge in [0.25, 0.3) is 0 Å². The van der Waals surface area contributed by atoms with Crippen molar-refractivity contribution in [3.05, 3.63) is 29.3 Å². The summed E-state index contributed by atoms with van der Waals surface area (Å²) in [6.45, 7) is 0.0405. The molecule has 0 aliphatic rings. The average molecular weight is 207 g/mol. The second-order valence-electron chi connectivity index (χ2n) is 2.78. The number of aliphatic hydroxyl groups excluding tert-OH is 1. The number of rotatable bonds is 2. The smallest absolute Gasteiger partial charge is 0.171 e. The maximum Gasteiger partial charge on any atom is 0.171 e. The van der Waals surface area contributed by atoms with E-state index in [-0.39, 0.29) is 6.61 Å². The van der Waals surface area contributed by atoms with Gasteiger partial charge in [0.1, 0.15) is 5.82 Å². The Morgan fingerprint density at radius 2 is 2.36 bits per heavy atom. The summed E-state index contributed by atoms with van der Waals surface area (Å²) in [4.78, 5) is 9.10. The molecule has 0 aliphatic carbocycles. The minimum atomic E-state index is 0.0405. The number of hydrogen-bond donors (Lipinski definition) is 2. The van der Waals surface area contributed by atoms with Crippen molar-refractivity contribution >= 4 is 17.2 Å². The van der Waals surface area contributed by atoms with E-state index in [0.717, 1.165) is 10.4 Å². The van der Waals surface area contributed by atoms with Gasteiger partial charge in [0.15, 0.2) is 5.82 Å². The monoisotopic (exact) mass is 207 g/mol. The summed E-state index contributed by atoms with van der Waals surface area (Å²) in [7, 11) is 0. The topological polar surface area (TPSA) is 72.0 Å². The maximum absolute atomic E-state index is 8.89. The van der Waals surface area contributed by atoms with Crippen LogP contribution in [0, 0.1) is 0 Å². The highest BCUT2D eigenvalue weighted by Gasteiger charge is 2.04. The molecule has 0 atom stereocenters. The molecule has 2 aromatic rings. The zero-order chi connectivity index (χ0) is 9.97. The van der Waals surface area contributed by atoms with Crippen LogP contribution in [0.25, 0.3) is 10.7 Å². The van der Waals surface area contributed by atoms with E-state index in [4.69, 9.17) is 10.8 Å². The summed E-state index contributed by atoms with van der Waals surface area (Å²) in [5, 5.41) is 10.8. The lowest BCUT2D eigenvalue weighted by Gasteiger charge is -1.95. The van der Waals surface area contributed by atoms with Gasteiger partial charge in [-0.1, -0.05) is 0 Å². The van der Waals surface area contributed by atoms with Crippen LogP contribution in [0.5, 0.6) is 0 Å². The summed E-state index contributed by atoms with van der Waals surface area (Å²) in [5.74, 6) is 1.06. The fourth-order valence-electron chi connectivity index (χ4n) is 1.07. The molecule has 0 saturated carbocycles. The van der Waals surface area contributed by atoms with E-state index < -0.39 is 0 Å². The molecular weight excluding hydrogens is 198 g/mol. The molecule has 0 radical (unpaired) electrons. The van der Waals surface area contributed by atoms with Crippen molar-refractivity contribution in [1.29, 1.82) is 0 Å². The number of thiophene rings is 1. The van der Waals surface area contributed by atoms with Gasteiger partial charge in [0.05, 0.1) is 11.5 Å². The van der Waals surface area contributed by atoms with Gasteiger partial charge in [0, 0.05) is 6.20 Å². The third-order valence-corrected chi connectivity index (χ3v) is 2.71. The molecule has 72 valence electrons. The Morgan fingerprint density at radius 1 is 1.50 bits per heavy atom. The first-order chi connectivity index (χ1) is 6.79. The van der Waals surface area contributed by atoms with E-state index in [1.165, 1.54) is 11.3 Å². The Labute approximate surface area is 85.1 Å². The molecule has 0 saturated heterocycles. The van der Waals surface area contributed by atoms with Gasteiger partial charge in [-0.2, -0.15) is 0 Å². The average Bonchev–Trinajstić information content (AvgIpc) is 2.66. The van der Waals surface area contributed by atoms with Crippen molar-refractivity contribution in [1.82, 2.24) is 9.97 Å². The SMILES string of the molecule is Nc1ccnc(-c2cc(CO)cs2)n1. The van der Waals surface area contributed by atoms with E-state index >= 15 is 0 Å². The van der Waals surface area contributed by atoms with Crippen molar-refractivity contribution in [2.24, 2.45) is 0 Å². The van der Waals surface area contributed by atoms with Crippen LogP contribution in [0.3, 0.4) is 0 Å². The molecule has 2 heterocycles. The van der Waals surface area contributed by atoms with Gasteiger partial charge in [-0.25, -0.2) is 9.97 Å². The van der Waals surface area contributed by atoms with Gasteiger partial charge < -0.3 is 10.8 Å². The molecule has 0 amide bonds. The molecule has 0 aromatic carbocycles. The lowest BCUT2D eigenvalue weighted by Crippen LogP contribution is -1.92. The summed E-state index contributed by atoms with van der Waals surface area (Å²) >= 11 is 1.50. The predicted octanol–water partition coefficient (Wildman–Crippen LogP) is 1.28. The highest BCUT2D eigenvalue weighted by molar-refractivity contribution is 7.13. The zero-order valence-corrected chi connectivity index (χ0v) is 8.16. The van der Waals surface area contributed by atoms with E-state index in [1.54, 1.807) is 12.3 Å². The van der Waals surface area contributed by atoms with E-state index in [2.05, 4.69) is 9.97 Å². The van der Waals surface area contributed by atoms with Gasteiger partial charge in [-0.05, 0) is 23.1 Å². The lowest BCUT2D eigenvalue weighted by atomic mass is 10.3. The summed E-state index contributed by atoms with van der Waals surface area (Å²) in [6, 6.07) is 3.50. The van der Waals surface area contributed by atoms with E-state index in [0.29, 0.717) is 11.6 Å². The van der Waals surface area contributed by atoms with Crippen LogP contribution in [0.4, 0.5) is 5.82 Å². The number of hydrogen-bond acceptors (Lipinski definition) is 5. The molecule has 0 spiro atoms. The molecule has 5 heteroatoms. The van der Waals surface area contributed by atoms with Crippen LogP contribution in [0.15, 0.2) is 23.7 Å². The molecule has 14 heavy (non-hydrogen) atoms. The van der Waals surface area contributed by atoms with Gasteiger partial charge in [-0.3, -0.25) is 0 Å². The number of nitrogen functional groups attached to an aromatic ring is 1. The lowest BCUT2D eigenvalue weighted by molar-refractivity contribution is 0.282. The second-order valence-corrected chi connectivity index (χ2v) is 3.69. The van der Waals surface area contributed by atoms with E-state index in [9.17, 15) is 0 Å². The van der Waals surface area contributed by atoms with Gasteiger partial charge in [0.2, 0.25) is 0 Å².